The molecule has 1 amide bonds. The number of halogens is 2. The third-order valence-electron chi connectivity index (χ3n) is 3.21. The monoisotopic (exact) mass is 389 g/mol. The highest BCUT2D eigenvalue weighted by Crippen LogP contribution is 2.22. The Balaban J connectivity index is 2.55. The summed E-state index contributed by atoms with van der Waals surface area (Å²) in [5.41, 5.74) is -0.671. The van der Waals surface area contributed by atoms with Crippen molar-refractivity contribution in [2.75, 3.05) is 0 Å². The fraction of sp³-hybridized carbons (Fsp3) is 0.556. The van der Waals surface area contributed by atoms with Gasteiger partial charge in [-0.2, -0.15) is 0 Å². The molecule has 1 N–H and O–H groups in total. The molecule has 0 aliphatic carbocycles. The fourth-order valence-corrected chi connectivity index (χ4v) is 2.04. The molecule has 0 unspecified atom stereocenters. The Morgan fingerprint density at radius 1 is 1.12 bits per heavy atom. The van der Waals surface area contributed by atoms with E-state index in [0.717, 1.165) is 6.07 Å². The first kappa shape index (κ1) is 22.0. The predicted octanol–water partition coefficient (Wildman–Crippen LogP) is 4.09. The van der Waals surface area contributed by atoms with Crippen molar-refractivity contribution in [2.45, 2.75) is 65.4 Å². The molecule has 0 fully saturated rings. The fourth-order valence-electron chi connectivity index (χ4n) is 1.83. The van der Waals surface area contributed by atoms with Crippen molar-refractivity contribution in [3.05, 3.63) is 29.0 Å². The van der Waals surface area contributed by atoms with Gasteiger partial charge < -0.3 is 19.5 Å². The van der Waals surface area contributed by atoms with Crippen LogP contribution < -0.4 is 10.1 Å². The molecular formula is C18H25ClFNO5. The number of hydrogen-bond donors (Lipinski definition) is 1. The van der Waals surface area contributed by atoms with Crippen LogP contribution in [0.25, 0.3) is 0 Å². The topological polar surface area (TPSA) is 73.9 Å². The molecule has 0 saturated carbocycles. The highest BCUT2D eigenvalue weighted by molar-refractivity contribution is 6.30. The zero-order valence-electron chi connectivity index (χ0n) is 15.8. The molecule has 1 aromatic carbocycles. The molecule has 0 radical (unpaired) electrons. The first-order chi connectivity index (χ1) is 11.9. The Bertz CT molecular complexity index is 627. The van der Waals surface area contributed by atoms with E-state index in [9.17, 15) is 14.0 Å². The van der Waals surface area contributed by atoms with E-state index in [1.807, 2.05) is 0 Å². The number of benzene rings is 1. The summed E-state index contributed by atoms with van der Waals surface area (Å²) in [5, 5.41) is 2.60. The van der Waals surface area contributed by atoms with Crippen molar-refractivity contribution >= 4 is 23.7 Å². The van der Waals surface area contributed by atoms with Crippen LogP contribution in [-0.4, -0.2) is 35.9 Å². The van der Waals surface area contributed by atoms with Crippen molar-refractivity contribution in [3.8, 4) is 5.75 Å². The molecule has 0 aromatic heterocycles. The van der Waals surface area contributed by atoms with Gasteiger partial charge in [0.1, 0.15) is 35.4 Å². The largest absolute Gasteiger partial charge is 0.487 e. The standard InChI is InChI=1S/C18H25ClFNO5/c1-10(21-17(23)26-18(4,5)6)16(22)25-12(3)11(2)24-15-8-13(19)7-14(20)9-15/h7-12H,1-6H3,(H,21,23)/t10-,11+,12-/m0/s1. The zero-order chi connectivity index (χ0) is 20.1. The summed E-state index contributed by atoms with van der Waals surface area (Å²) in [5.74, 6) is -0.944. The van der Waals surface area contributed by atoms with E-state index < -0.39 is 41.7 Å². The highest BCUT2D eigenvalue weighted by atomic mass is 35.5. The molecule has 146 valence electrons. The molecule has 26 heavy (non-hydrogen) atoms. The van der Waals surface area contributed by atoms with Crippen LogP contribution in [0.5, 0.6) is 5.75 Å². The Labute approximate surface area is 157 Å². The molecule has 1 rings (SSSR count). The number of rotatable bonds is 6. The Morgan fingerprint density at radius 3 is 2.27 bits per heavy atom. The smallest absolute Gasteiger partial charge is 0.408 e. The van der Waals surface area contributed by atoms with Crippen molar-refractivity contribution in [3.63, 3.8) is 0 Å². The lowest BCUT2D eigenvalue weighted by Gasteiger charge is -2.24. The van der Waals surface area contributed by atoms with Crippen LogP contribution in [0.3, 0.4) is 0 Å². The van der Waals surface area contributed by atoms with Crippen molar-refractivity contribution in [1.29, 1.82) is 0 Å². The van der Waals surface area contributed by atoms with E-state index in [1.165, 1.54) is 19.1 Å². The first-order valence-corrected chi connectivity index (χ1v) is 8.58. The molecule has 0 heterocycles. The van der Waals surface area contributed by atoms with Gasteiger partial charge >= 0.3 is 12.1 Å². The van der Waals surface area contributed by atoms with Gasteiger partial charge in [-0.05, 0) is 53.7 Å². The SMILES string of the molecule is C[C@H](NC(=O)OC(C)(C)C)C(=O)O[C@@H](C)[C@@H](C)Oc1cc(F)cc(Cl)c1. The molecule has 0 aliphatic heterocycles. The number of nitrogens with one attached hydrogen (secondary N) is 1. The van der Waals surface area contributed by atoms with Crippen molar-refractivity contribution in [1.82, 2.24) is 5.32 Å². The van der Waals surface area contributed by atoms with Gasteiger partial charge in [0.2, 0.25) is 0 Å². The van der Waals surface area contributed by atoms with E-state index in [2.05, 4.69) is 5.32 Å². The molecule has 0 aliphatic rings. The van der Waals surface area contributed by atoms with Gasteiger partial charge in [0.25, 0.3) is 0 Å². The number of alkyl carbamates (subject to hydrolysis) is 1. The third-order valence-corrected chi connectivity index (χ3v) is 3.43. The molecule has 0 saturated heterocycles. The third kappa shape index (κ3) is 7.91. The summed E-state index contributed by atoms with van der Waals surface area (Å²) in [7, 11) is 0. The molecule has 0 spiro atoms. The quantitative estimate of drug-likeness (QED) is 0.742. The summed E-state index contributed by atoms with van der Waals surface area (Å²) in [6.07, 6.45) is -1.92. The van der Waals surface area contributed by atoms with Crippen molar-refractivity contribution in [2.24, 2.45) is 0 Å². The normalized spacial score (nSPS) is 14.8. The Hall–Kier alpha value is -2.02. The predicted molar refractivity (Wildman–Crippen MR) is 95.9 cm³/mol. The van der Waals surface area contributed by atoms with Gasteiger partial charge in [0, 0.05) is 11.1 Å². The summed E-state index contributed by atoms with van der Waals surface area (Å²) in [6.45, 7) is 9.93. The molecule has 1 aromatic rings. The van der Waals surface area contributed by atoms with Crippen LogP contribution in [0.2, 0.25) is 5.02 Å². The maximum Gasteiger partial charge on any atom is 0.408 e. The molecule has 6 nitrogen and oxygen atoms in total. The lowest BCUT2D eigenvalue weighted by molar-refractivity contribution is -0.154. The minimum atomic E-state index is -0.900. The van der Waals surface area contributed by atoms with E-state index in [-0.39, 0.29) is 10.8 Å². The lowest BCUT2D eigenvalue weighted by atomic mass is 10.2. The number of carbonyl (C=O) groups excluding carboxylic acids is 2. The number of hydrogen-bond acceptors (Lipinski definition) is 5. The highest BCUT2D eigenvalue weighted by Gasteiger charge is 2.25. The van der Waals surface area contributed by atoms with Gasteiger partial charge in [0.15, 0.2) is 0 Å². The van der Waals surface area contributed by atoms with Crippen LogP contribution in [0.4, 0.5) is 9.18 Å². The Morgan fingerprint density at radius 2 is 1.73 bits per heavy atom. The van der Waals surface area contributed by atoms with Gasteiger partial charge in [-0.15, -0.1) is 0 Å². The summed E-state index contributed by atoms with van der Waals surface area (Å²) in [6, 6.07) is 2.90. The second-order valence-corrected chi connectivity index (χ2v) is 7.37. The summed E-state index contributed by atoms with van der Waals surface area (Å²) < 4.78 is 29.2. The maximum absolute atomic E-state index is 13.3. The molecule has 3 atom stereocenters. The molecule has 0 bridgehead atoms. The van der Waals surface area contributed by atoms with Gasteiger partial charge in [0.05, 0.1) is 0 Å². The molecule has 8 heteroatoms. The number of amides is 1. The summed E-state index contributed by atoms with van der Waals surface area (Å²) >= 11 is 5.78. The van der Waals surface area contributed by atoms with E-state index in [1.54, 1.807) is 34.6 Å². The average molecular weight is 390 g/mol. The number of ether oxygens (including phenoxy) is 3. The number of carbonyl (C=O) groups is 2. The second kappa shape index (κ2) is 9.07. The van der Waals surface area contributed by atoms with Crippen LogP contribution in [0.15, 0.2) is 18.2 Å². The second-order valence-electron chi connectivity index (χ2n) is 6.94. The van der Waals surface area contributed by atoms with Gasteiger partial charge in [-0.1, -0.05) is 11.6 Å². The molecular weight excluding hydrogens is 365 g/mol. The lowest BCUT2D eigenvalue weighted by Crippen LogP contribution is -2.44. The van der Waals surface area contributed by atoms with Crippen LogP contribution >= 0.6 is 11.6 Å². The first-order valence-electron chi connectivity index (χ1n) is 8.20. The maximum atomic E-state index is 13.3. The number of esters is 1. The van der Waals surface area contributed by atoms with Crippen LogP contribution in [0, 0.1) is 5.82 Å². The average Bonchev–Trinajstić information content (AvgIpc) is 2.43. The summed E-state index contributed by atoms with van der Waals surface area (Å²) in [4.78, 5) is 23.8. The minimum Gasteiger partial charge on any atom is -0.487 e. The van der Waals surface area contributed by atoms with Gasteiger partial charge in [-0.3, -0.25) is 0 Å². The van der Waals surface area contributed by atoms with Gasteiger partial charge in [-0.25, -0.2) is 14.0 Å². The minimum absolute atomic E-state index is 0.201. The van der Waals surface area contributed by atoms with Crippen LogP contribution in [0.1, 0.15) is 41.5 Å². The zero-order valence-corrected chi connectivity index (χ0v) is 16.5. The van der Waals surface area contributed by atoms with E-state index in [0.29, 0.717) is 0 Å². The van der Waals surface area contributed by atoms with E-state index in [4.69, 9.17) is 25.8 Å². The van der Waals surface area contributed by atoms with Crippen molar-refractivity contribution < 1.29 is 28.2 Å². The Kier molecular flexibility index (Phi) is 7.68. The van der Waals surface area contributed by atoms with Crippen LogP contribution in [-0.2, 0) is 14.3 Å². The van der Waals surface area contributed by atoms with E-state index >= 15 is 0 Å².